The Kier molecular flexibility index (Phi) is 6.32. The lowest BCUT2D eigenvalue weighted by molar-refractivity contribution is 0.0813. The maximum Gasteiger partial charge on any atom is 0.169 e. The van der Waals surface area contributed by atoms with Crippen LogP contribution in [0.15, 0.2) is 42.5 Å². The Morgan fingerprint density at radius 1 is 1.06 bits per heavy atom. The normalized spacial score (nSPS) is 28.7. The summed E-state index contributed by atoms with van der Waals surface area (Å²) >= 11 is 12.3. The summed E-state index contributed by atoms with van der Waals surface area (Å²) < 4.78 is 13.2. The van der Waals surface area contributed by atoms with Crippen LogP contribution >= 0.6 is 23.2 Å². The van der Waals surface area contributed by atoms with Gasteiger partial charge in [0.05, 0.1) is 10.0 Å². The van der Waals surface area contributed by atoms with E-state index < -0.39 is 0 Å². The molecule has 3 nitrogen and oxygen atoms in total. The fourth-order valence-corrected chi connectivity index (χ4v) is 6.33. The fourth-order valence-electron chi connectivity index (χ4n) is 6.04. The van der Waals surface area contributed by atoms with Crippen LogP contribution in [0.3, 0.4) is 0 Å². The van der Waals surface area contributed by atoms with E-state index in [1.807, 2.05) is 18.2 Å². The van der Waals surface area contributed by atoms with E-state index in [1.54, 1.807) is 24.3 Å². The monoisotopic (exact) mass is 474 g/mol. The molecule has 2 heterocycles. The number of ketones is 1. The molecule has 0 bridgehead atoms. The highest BCUT2D eigenvalue weighted by molar-refractivity contribution is 6.42. The van der Waals surface area contributed by atoms with Gasteiger partial charge in [0.15, 0.2) is 5.78 Å². The van der Waals surface area contributed by atoms with Gasteiger partial charge in [-0.25, -0.2) is 4.39 Å². The second kappa shape index (κ2) is 9.06. The van der Waals surface area contributed by atoms with Crippen LogP contribution in [0.25, 0.3) is 0 Å². The minimum absolute atomic E-state index is 0.177. The van der Waals surface area contributed by atoms with Gasteiger partial charge in [-0.05, 0) is 106 Å². The quantitative estimate of drug-likeness (QED) is 0.536. The second-order valence-corrected chi connectivity index (χ2v) is 10.5. The van der Waals surface area contributed by atoms with Gasteiger partial charge in [0.1, 0.15) is 5.82 Å². The molecular weight excluding hydrogens is 446 g/mol. The zero-order chi connectivity index (χ0) is 22.3. The Morgan fingerprint density at radius 3 is 2.47 bits per heavy atom. The van der Waals surface area contributed by atoms with Crippen LogP contribution in [0.5, 0.6) is 0 Å². The molecule has 5 rings (SSSR count). The standard InChI is InChI=1S/C26H29Cl2FN2O/c27-23-6-3-19(13-24(23)28)25(32)26(20-7-10-30-15-20)14-21(26)16-31-11-8-18(9-12-31)17-1-4-22(29)5-2-17/h1-6,13,18,20-21,30H,7-12,14-16H2/t20-,21+,26?/m1/s1. The van der Waals surface area contributed by atoms with Crippen LogP contribution in [-0.2, 0) is 0 Å². The molecule has 0 aromatic heterocycles. The summed E-state index contributed by atoms with van der Waals surface area (Å²) in [6.45, 7) is 4.92. The fraction of sp³-hybridized carbons (Fsp3) is 0.500. The van der Waals surface area contributed by atoms with Gasteiger partial charge < -0.3 is 10.2 Å². The van der Waals surface area contributed by atoms with E-state index in [1.165, 1.54) is 5.56 Å². The van der Waals surface area contributed by atoms with Crippen molar-refractivity contribution in [3.05, 3.63) is 69.5 Å². The summed E-state index contributed by atoms with van der Waals surface area (Å²) in [6, 6.07) is 12.3. The number of piperidine rings is 1. The predicted molar refractivity (Wildman–Crippen MR) is 127 cm³/mol. The largest absolute Gasteiger partial charge is 0.316 e. The first-order valence-electron chi connectivity index (χ1n) is 11.7. The molecule has 0 spiro atoms. The molecule has 32 heavy (non-hydrogen) atoms. The van der Waals surface area contributed by atoms with E-state index in [0.29, 0.717) is 33.4 Å². The molecule has 3 aliphatic rings. The van der Waals surface area contributed by atoms with E-state index in [4.69, 9.17) is 23.2 Å². The first-order valence-corrected chi connectivity index (χ1v) is 12.4. The minimum Gasteiger partial charge on any atom is -0.316 e. The summed E-state index contributed by atoms with van der Waals surface area (Å²) in [7, 11) is 0. The molecule has 1 N–H and O–H groups in total. The molecule has 1 aliphatic carbocycles. The molecule has 2 aromatic carbocycles. The molecule has 0 radical (unpaired) electrons. The molecule has 2 aliphatic heterocycles. The smallest absolute Gasteiger partial charge is 0.169 e. The van der Waals surface area contributed by atoms with Crippen molar-refractivity contribution < 1.29 is 9.18 Å². The minimum atomic E-state index is -0.283. The van der Waals surface area contributed by atoms with Crippen LogP contribution < -0.4 is 5.32 Å². The van der Waals surface area contributed by atoms with Gasteiger partial charge in [-0.3, -0.25) is 4.79 Å². The van der Waals surface area contributed by atoms with Crippen molar-refractivity contribution in [2.45, 2.75) is 31.6 Å². The Labute approximate surface area is 199 Å². The third kappa shape index (κ3) is 4.23. The lowest BCUT2D eigenvalue weighted by Crippen LogP contribution is -2.37. The summed E-state index contributed by atoms with van der Waals surface area (Å²) in [5.41, 5.74) is 1.64. The number of halogens is 3. The lowest BCUT2D eigenvalue weighted by Gasteiger charge is -2.33. The Bertz CT molecular complexity index is 984. The Morgan fingerprint density at radius 2 is 1.81 bits per heavy atom. The molecule has 170 valence electrons. The Hall–Kier alpha value is -1.46. The van der Waals surface area contributed by atoms with Crippen LogP contribution in [-0.4, -0.2) is 43.4 Å². The van der Waals surface area contributed by atoms with Gasteiger partial charge in [0, 0.05) is 17.5 Å². The third-order valence-corrected chi connectivity index (χ3v) is 8.69. The van der Waals surface area contributed by atoms with Crippen LogP contribution in [0, 0.1) is 23.1 Å². The first kappa shape index (κ1) is 22.3. The predicted octanol–water partition coefficient (Wildman–Crippen LogP) is 5.81. The van der Waals surface area contributed by atoms with E-state index in [0.717, 1.165) is 58.4 Å². The zero-order valence-corrected chi connectivity index (χ0v) is 19.6. The van der Waals surface area contributed by atoms with Crippen LogP contribution in [0.2, 0.25) is 10.0 Å². The number of carbonyl (C=O) groups excluding carboxylic acids is 1. The maximum absolute atomic E-state index is 13.7. The van der Waals surface area contributed by atoms with Crippen molar-refractivity contribution in [3.63, 3.8) is 0 Å². The molecule has 0 amide bonds. The van der Waals surface area contributed by atoms with Gasteiger partial charge in [0.25, 0.3) is 0 Å². The lowest BCUT2D eigenvalue weighted by atomic mass is 9.79. The molecule has 2 aromatic rings. The first-order chi connectivity index (χ1) is 15.5. The zero-order valence-electron chi connectivity index (χ0n) is 18.1. The molecule has 1 unspecified atom stereocenters. The van der Waals surface area contributed by atoms with Crippen molar-refractivity contribution >= 4 is 29.0 Å². The average Bonchev–Trinajstić information content (AvgIpc) is 3.24. The number of likely N-dealkylation sites (tertiary alicyclic amines) is 1. The highest BCUT2D eigenvalue weighted by Gasteiger charge is 2.64. The molecule has 6 heteroatoms. The number of hydrogen-bond acceptors (Lipinski definition) is 3. The van der Waals surface area contributed by atoms with Crippen LogP contribution in [0.4, 0.5) is 4.39 Å². The van der Waals surface area contributed by atoms with Gasteiger partial charge >= 0.3 is 0 Å². The number of nitrogens with one attached hydrogen (secondary N) is 1. The number of carbonyl (C=O) groups is 1. The van der Waals surface area contributed by atoms with E-state index >= 15 is 0 Å². The molecule has 1 saturated carbocycles. The SMILES string of the molecule is O=C(c1ccc(Cl)c(Cl)c1)C1([C@@H]2CCNC2)C[C@H]1CN1CCC(c2ccc(F)cc2)CC1. The number of benzene rings is 2. The van der Waals surface area contributed by atoms with Crippen molar-refractivity contribution in [2.75, 3.05) is 32.7 Å². The number of Topliss-reactive ketones (excluding diaryl/α,β-unsaturated/α-hetero) is 1. The highest BCUT2D eigenvalue weighted by Crippen LogP contribution is 2.61. The maximum atomic E-state index is 13.7. The van der Waals surface area contributed by atoms with Crippen molar-refractivity contribution in [2.24, 2.45) is 17.3 Å². The summed E-state index contributed by atoms with van der Waals surface area (Å²) in [5.74, 6) is 1.32. The average molecular weight is 475 g/mol. The number of rotatable bonds is 6. The van der Waals surface area contributed by atoms with Gasteiger partial charge in [-0.1, -0.05) is 35.3 Å². The van der Waals surface area contributed by atoms with Crippen LogP contribution in [0.1, 0.15) is 47.5 Å². The summed E-state index contributed by atoms with van der Waals surface area (Å²) in [4.78, 5) is 16.2. The summed E-state index contributed by atoms with van der Waals surface area (Å²) in [5, 5.41) is 4.38. The van der Waals surface area contributed by atoms with Crippen molar-refractivity contribution in [1.82, 2.24) is 10.2 Å². The van der Waals surface area contributed by atoms with Gasteiger partial charge in [-0.2, -0.15) is 0 Å². The molecular formula is C26H29Cl2FN2O. The highest BCUT2D eigenvalue weighted by atomic mass is 35.5. The number of nitrogens with zero attached hydrogens (tertiary/aromatic N) is 1. The van der Waals surface area contributed by atoms with E-state index in [9.17, 15) is 9.18 Å². The molecule has 3 atom stereocenters. The third-order valence-electron chi connectivity index (χ3n) is 7.95. The Balaban J connectivity index is 1.26. The van der Waals surface area contributed by atoms with E-state index in [2.05, 4.69) is 10.2 Å². The molecule has 3 fully saturated rings. The topological polar surface area (TPSA) is 32.3 Å². The number of hydrogen-bond donors (Lipinski definition) is 1. The molecule has 2 saturated heterocycles. The van der Waals surface area contributed by atoms with E-state index in [-0.39, 0.29) is 17.0 Å². The van der Waals surface area contributed by atoms with Crippen molar-refractivity contribution in [3.8, 4) is 0 Å². The van der Waals surface area contributed by atoms with Gasteiger partial charge in [0.2, 0.25) is 0 Å². The summed E-state index contributed by atoms with van der Waals surface area (Å²) in [6.07, 6.45) is 4.17. The second-order valence-electron chi connectivity index (χ2n) is 9.72. The van der Waals surface area contributed by atoms with Crippen molar-refractivity contribution in [1.29, 1.82) is 0 Å². The van der Waals surface area contributed by atoms with Gasteiger partial charge in [-0.15, -0.1) is 0 Å².